The van der Waals surface area contributed by atoms with Crippen LogP contribution < -0.4 is 9.47 Å². The third-order valence-corrected chi connectivity index (χ3v) is 4.01. The minimum atomic E-state index is 0.258. The molecule has 6 heteroatoms. The van der Waals surface area contributed by atoms with Crippen molar-refractivity contribution in [1.29, 1.82) is 0 Å². The largest absolute Gasteiger partial charge is 0.454 e. The summed E-state index contributed by atoms with van der Waals surface area (Å²) in [6, 6.07) is 13.6. The van der Waals surface area contributed by atoms with E-state index in [0.29, 0.717) is 0 Å². The highest BCUT2D eigenvalue weighted by Crippen LogP contribution is 2.34. The number of benzene rings is 1. The molecular weight excluding hydrogens is 304 g/mol. The monoisotopic (exact) mass is 316 g/mol. The van der Waals surface area contributed by atoms with Crippen LogP contribution in [0.2, 0.25) is 0 Å². The predicted octanol–water partition coefficient (Wildman–Crippen LogP) is 3.21. The molecule has 0 radical (unpaired) electrons. The summed E-state index contributed by atoms with van der Waals surface area (Å²) in [6.07, 6.45) is 5.29. The molecule has 3 aromatic heterocycles. The first-order valence-electron chi connectivity index (χ1n) is 7.53. The number of fused-ring (bicyclic) bond motifs is 2. The van der Waals surface area contributed by atoms with Crippen molar-refractivity contribution in [3.63, 3.8) is 0 Å². The van der Waals surface area contributed by atoms with Crippen LogP contribution in [-0.2, 0) is 0 Å². The van der Waals surface area contributed by atoms with Gasteiger partial charge in [-0.1, -0.05) is 0 Å². The summed E-state index contributed by atoms with van der Waals surface area (Å²) >= 11 is 0. The van der Waals surface area contributed by atoms with E-state index in [-0.39, 0.29) is 6.79 Å². The van der Waals surface area contributed by atoms with Crippen molar-refractivity contribution in [1.82, 2.24) is 19.5 Å². The van der Waals surface area contributed by atoms with Crippen LogP contribution in [0.25, 0.3) is 28.1 Å². The van der Waals surface area contributed by atoms with Gasteiger partial charge >= 0.3 is 0 Å². The van der Waals surface area contributed by atoms with Crippen LogP contribution in [0.4, 0.5) is 0 Å². The summed E-state index contributed by atoms with van der Waals surface area (Å²) in [7, 11) is 0. The van der Waals surface area contributed by atoms with Crippen molar-refractivity contribution < 1.29 is 9.47 Å². The Kier molecular flexibility index (Phi) is 2.75. The topological polar surface area (TPSA) is 62.1 Å². The fourth-order valence-electron chi connectivity index (χ4n) is 2.80. The molecule has 1 aliphatic rings. The predicted molar refractivity (Wildman–Crippen MR) is 88.2 cm³/mol. The van der Waals surface area contributed by atoms with Gasteiger partial charge in [-0.25, -0.2) is 9.97 Å². The summed E-state index contributed by atoms with van der Waals surface area (Å²) in [5.41, 5.74) is 4.47. The van der Waals surface area contributed by atoms with E-state index in [0.717, 1.165) is 39.6 Å². The maximum atomic E-state index is 5.46. The van der Waals surface area contributed by atoms with Crippen LogP contribution in [0.5, 0.6) is 11.5 Å². The summed E-state index contributed by atoms with van der Waals surface area (Å²) < 4.78 is 12.8. The van der Waals surface area contributed by atoms with Gasteiger partial charge in [0.15, 0.2) is 17.1 Å². The van der Waals surface area contributed by atoms with Crippen LogP contribution in [0.3, 0.4) is 0 Å². The molecule has 0 fully saturated rings. The molecule has 0 spiro atoms. The van der Waals surface area contributed by atoms with Gasteiger partial charge in [0.25, 0.3) is 0 Å². The molecule has 0 atom stereocenters. The number of rotatable bonds is 2. The summed E-state index contributed by atoms with van der Waals surface area (Å²) in [5.74, 6) is 1.49. The van der Waals surface area contributed by atoms with Crippen molar-refractivity contribution in [2.24, 2.45) is 0 Å². The number of aromatic nitrogens is 4. The highest BCUT2D eigenvalue weighted by atomic mass is 16.7. The lowest BCUT2D eigenvalue weighted by atomic mass is 10.2. The molecule has 1 aromatic carbocycles. The smallest absolute Gasteiger partial charge is 0.231 e. The Morgan fingerprint density at radius 1 is 0.917 bits per heavy atom. The number of pyridine rings is 2. The number of hydrogen-bond acceptors (Lipinski definition) is 5. The van der Waals surface area contributed by atoms with Crippen molar-refractivity contribution in [3.05, 3.63) is 61.2 Å². The summed E-state index contributed by atoms with van der Waals surface area (Å²) in [6.45, 7) is 0.258. The van der Waals surface area contributed by atoms with Crippen molar-refractivity contribution in [2.75, 3.05) is 6.79 Å². The third kappa shape index (κ3) is 2.00. The second-order valence-electron chi connectivity index (χ2n) is 5.43. The fraction of sp³-hybridized carbons (Fsp3) is 0.0556. The Hall–Kier alpha value is -3.41. The zero-order valence-corrected chi connectivity index (χ0v) is 12.6. The molecule has 0 saturated carbocycles. The second kappa shape index (κ2) is 5.06. The Balaban J connectivity index is 1.66. The van der Waals surface area contributed by atoms with E-state index < -0.39 is 0 Å². The maximum Gasteiger partial charge on any atom is 0.231 e. The number of ether oxygens (including phenoxy) is 2. The number of nitrogens with zero attached hydrogens (tertiary/aromatic N) is 4. The first-order chi connectivity index (χ1) is 11.9. The Morgan fingerprint density at radius 2 is 1.79 bits per heavy atom. The summed E-state index contributed by atoms with van der Waals surface area (Å²) in [4.78, 5) is 13.3. The van der Waals surface area contributed by atoms with Crippen molar-refractivity contribution >= 4 is 11.2 Å². The van der Waals surface area contributed by atoms with Crippen LogP contribution >= 0.6 is 0 Å². The minimum Gasteiger partial charge on any atom is -0.454 e. The minimum absolute atomic E-state index is 0.258. The molecule has 24 heavy (non-hydrogen) atoms. The zero-order chi connectivity index (χ0) is 15.9. The summed E-state index contributed by atoms with van der Waals surface area (Å²) in [5, 5.41) is 0. The Bertz CT molecular complexity index is 1040. The van der Waals surface area contributed by atoms with Gasteiger partial charge in [-0.2, -0.15) is 0 Å². The van der Waals surface area contributed by atoms with Gasteiger partial charge in [0.2, 0.25) is 6.79 Å². The maximum absolute atomic E-state index is 5.46. The van der Waals surface area contributed by atoms with Gasteiger partial charge in [-0.05, 0) is 36.4 Å². The van der Waals surface area contributed by atoms with Crippen LogP contribution in [0, 0.1) is 0 Å². The lowest BCUT2D eigenvalue weighted by Gasteiger charge is -2.06. The lowest BCUT2D eigenvalue weighted by molar-refractivity contribution is 0.174. The lowest BCUT2D eigenvalue weighted by Crippen LogP contribution is -1.95. The standard InChI is InChI=1S/C18H12N4O2/c1-4-16-17(24-11-23-16)9-13(1)22-10-20-15-3-2-14(21-18(15)22)12-5-7-19-8-6-12/h1-10H,11H2. The van der Waals surface area contributed by atoms with Crippen LogP contribution in [0.1, 0.15) is 0 Å². The van der Waals surface area contributed by atoms with Crippen LogP contribution in [-0.4, -0.2) is 26.3 Å². The molecule has 4 aromatic rings. The van der Waals surface area contributed by atoms with Crippen molar-refractivity contribution in [3.8, 4) is 28.4 Å². The molecule has 4 heterocycles. The van der Waals surface area contributed by atoms with Gasteiger partial charge in [-0.3, -0.25) is 9.55 Å². The number of imidazole rings is 1. The highest BCUT2D eigenvalue weighted by molar-refractivity contribution is 5.77. The SMILES string of the molecule is c1cc(-c2ccc3ncn(-c4ccc5c(c4)OCO5)c3n2)ccn1. The zero-order valence-electron chi connectivity index (χ0n) is 12.6. The fourth-order valence-corrected chi connectivity index (χ4v) is 2.80. The average Bonchev–Trinajstić information content (AvgIpc) is 3.27. The molecule has 0 saturated heterocycles. The van der Waals surface area contributed by atoms with E-state index in [1.807, 2.05) is 47.0 Å². The number of hydrogen-bond donors (Lipinski definition) is 0. The molecule has 0 bridgehead atoms. The van der Waals surface area contributed by atoms with E-state index in [2.05, 4.69) is 9.97 Å². The van der Waals surface area contributed by atoms with E-state index >= 15 is 0 Å². The molecule has 1 aliphatic heterocycles. The van der Waals surface area contributed by atoms with E-state index in [4.69, 9.17) is 14.5 Å². The molecule has 0 N–H and O–H groups in total. The Morgan fingerprint density at radius 3 is 2.71 bits per heavy atom. The molecule has 0 aliphatic carbocycles. The quantitative estimate of drug-likeness (QED) is 0.568. The molecular formula is C18H12N4O2. The molecule has 6 nitrogen and oxygen atoms in total. The molecule has 0 amide bonds. The van der Waals surface area contributed by atoms with E-state index in [1.165, 1.54) is 0 Å². The normalized spacial score (nSPS) is 12.7. The Labute approximate surface area is 137 Å². The first kappa shape index (κ1) is 13.1. The van der Waals surface area contributed by atoms with E-state index in [9.17, 15) is 0 Å². The van der Waals surface area contributed by atoms with Gasteiger partial charge in [0.1, 0.15) is 11.8 Å². The van der Waals surface area contributed by atoms with Crippen LogP contribution in [0.15, 0.2) is 61.2 Å². The third-order valence-electron chi connectivity index (χ3n) is 4.01. The molecule has 5 rings (SSSR count). The van der Waals surface area contributed by atoms with Gasteiger partial charge < -0.3 is 9.47 Å². The highest BCUT2D eigenvalue weighted by Gasteiger charge is 2.15. The molecule has 0 unspecified atom stereocenters. The van der Waals surface area contributed by atoms with Gasteiger partial charge in [0, 0.05) is 24.0 Å². The van der Waals surface area contributed by atoms with Gasteiger partial charge in [0.05, 0.1) is 11.4 Å². The van der Waals surface area contributed by atoms with E-state index in [1.54, 1.807) is 18.7 Å². The second-order valence-corrected chi connectivity index (χ2v) is 5.43. The average molecular weight is 316 g/mol. The molecule has 116 valence electrons. The van der Waals surface area contributed by atoms with Crippen molar-refractivity contribution in [2.45, 2.75) is 0 Å². The first-order valence-corrected chi connectivity index (χ1v) is 7.53. The van der Waals surface area contributed by atoms with Gasteiger partial charge in [-0.15, -0.1) is 0 Å².